The van der Waals surface area contributed by atoms with Gasteiger partial charge in [-0.1, -0.05) is 0 Å². The van der Waals surface area contributed by atoms with Gasteiger partial charge in [-0.2, -0.15) is 23.5 Å². The van der Waals surface area contributed by atoms with Crippen LogP contribution in [0.15, 0.2) is 35.8 Å². The van der Waals surface area contributed by atoms with Crippen LogP contribution in [-0.2, 0) is 6.18 Å². The molecule has 0 amide bonds. The summed E-state index contributed by atoms with van der Waals surface area (Å²) in [7, 11) is 0. The number of hydrogen-bond donors (Lipinski definition) is 0. The third-order valence-electron chi connectivity index (χ3n) is 4.26. The summed E-state index contributed by atoms with van der Waals surface area (Å²) in [6.45, 7) is 3.92. The van der Waals surface area contributed by atoms with Crippen LogP contribution in [0.3, 0.4) is 0 Å². The fraction of sp³-hybridized carbons (Fsp3) is 0.167. The maximum atomic E-state index is 13.5. The van der Waals surface area contributed by atoms with Crippen molar-refractivity contribution in [3.05, 3.63) is 58.5 Å². The molecule has 27 heavy (non-hydrogen) atoms. The van der Waals surface area contributed by atoms with E-state index in [1.54, 1.807) is 6.07 Å². The minimum Gasteiger partial charge on any atom is -0.317 e. The van der Waals surface area contributed by atoms with E-state index in [9.17, 15) is 13.2 Å². The molecule has 0 aliphatic heterocycles. The molecule has 0 N–H and O–H groups in total. The number of nitriles is 1. The number of thiophene rings is 1. The monoisotopic (exact) mass is 387 g/mol. The Morgan fingerprint density at radius 2 is 1.85 bits per heavy atom. The predicted octanol–water partition coefficient (Wildman–Crippen LogP) is 4.76. The third kappa shape index (κ3) is 2.69. The van der Waals surface area contributed by atoms with Crippen molar-refractivity contribution in [3.63, 3.8) is 0 Å². The van der Waals surface area contributed by atoms with E-state index in [4.69, 9.17) is 5.26 Å². The highest BCUT2D eigenvalue weighted by Crippen LogP contribution is 2.36. The Balaban J connectivity index is 1.96. The fourth-order valence-electron chi connectivity index (χ4n) is 3.12. The van der Waals surface area contributed by atoms with E-state index in [1.807, 2.05) is 42.0 Å². The molecule has 0 spiro atoms. The van der Waals surface area contributed by atoms with Gasteiger partial charge in [0.15, 0.2) is 11.3 Å². The average molecular weight is 387 g/mol. The molecule has 136 valence electrons. The van der Waals surface area contributed by atoms with Crippen molar-refractivity contribution in [2.45, 2.75) is 20.0 Å². The van der Waals surface area contributed by atoms with Crippen LogP contribution in [0.2, 0.25) is 0 Å². The second-order valence-corrected chi connectivity index (χ2v) is 6.93. The van der Waals surface area contributed by atoms with Crippen molar-refractivity contribution in [3.8, 4) is 22.3 Å². The fourth-order valence-corrected chi connectivity index (χ4v) is 3.95. The number of fused-ring (bicyclic) bond motifs is 1. The van der Waals surface area contributed by atoms with Crippen LogP contribution in [0.4, 0.5) is 13.2 Å². The first kappa shape index (κ1) is 17.3. The Bertz CT molecular complexity index is 1190. The number of aryl methyl sites for hydroxylation is 2. The van der Waals surface area contributed by atoms with E-state index in [0.29, 0.717) is 10.2 Å². The standard InChI is InChI=1S/C18H12F3N5S/c1-10-3-4-11(2)25(10)14-5-6-27-16(14)13-7-15-23-9-12(8-22)17(18(19,20)21)26(15)24-13/h3-7,9H,1-2H3. The summed E-state index contributed by atoms with van der Waals surface area (Å²) >= 11 is 1.39. The minimum absolute atomic E-state index is 0.0385. The lowest BCUT2D eigenvalue weighted by atomic mass is 10.2. The summed E-state index contributed by atoms with van der Waals surface area (Å²) < 4.78 is 43.2. The quantitative estimate of drug-likeness (QED) is 0.498. The molecule has 0 saturated heterocycles. The first-order valence-electron chi connectivity index (χ1n) is 7.90. The van der Waals surface area contributed by atoms with Gasteiger partial charge in [0.1, 0.15) is 17.3 Å². The van der Waals surface area contributed by atoms with E-state index in [2.05, 4.69) is 10.1 Å². The molecular weight excluding hydrogens is 375 g/mol. The molecule has 0 aromatic carbocycles. The van der Waals surface area contributed by atoms with Crippen LogP contribution < -0.4 is 0 Å². The lowest BCUT2D eigenvalue weighted by Gasteiger charge is -2.10. The molecule has 5 nitrogen and oxygen atoms in total. The van der Waals surface area contributed by atoms with Gasteiger partial charge in [-0.05, 0) is 37.4 Å². The van der Waals surface area contributed by atoms with Crippen LogP contribution in [0.5, 0.6) is 0 Å². The topological polar surface area (TPSA) is 58.9 Å². The van der Waals surface area contributed by atoms with Crippen molar-refractivity contribution in [2.75, 3.05) is 0 Å². The van der Waals surface area contributed by atoms with Gasteiger partial charge in [0.2, 0.25) is 0 Å². The zero-order chi connectivity index (χ0) is 19.3. The Kier molecular flexibility index (Phi) is 3.82. The number of rotatable bonds is 2. The van der Waals surface area contributed by atoms with Crippen LogP contribution in [0, 0.1) is 25.2 Å². The Morgan fingerprint density at radius 1 is 1.15 bits per heavy atom. The van der Waals surface area contributed by atoms with E-state index in [0.717, 1.165) is 28.1 Å². The van der Waals surface area contributed by atoms with Gasteiger partial charge in [0, 0.05) is 23.7 Å². The number of alkyl halides is 3. The van der Waals surface area contributed by atoms with Gasteiger partial charge in [-0.25, -0.2) is 9.50 Å². The lowest BCUT2D eigenvalue weighted by Crippen LogP contribution is -2.15. The summed E-state index contributed by atoms with van der Waals surface area (Å²) in [5.41, 5.74) is 1.60. The van der Waals surface area contributed by atoms with E-state index < -0.39 is 17.4 Å². The highest BCUT2D eigenvalue weighted by Gasteiger charge is 2.38. The van der Waals surface area contributed by atoms with Crippen LogP contribution in [-0.4, -0.2) is 19.2 Å². The van der Waals surface area contributed by atoms with Gasteiger partial charge >= 0.3 is 6.18 Å². The van der Waals surface area contributed by atoms with Crippen LogP contribution >= 0.6 is 11.3 Å². The van der Waals surface area contributed by atoms with E-state index in [1.165, 1.54) is 17.4 Å². The summed E-state index contributed by atoms with van der Waals surface area (Å²) in [5, 5.41) is 15.0. The van der Waals surface area contributed by atoms with Crippen LogP contribution in [0.1, 0.15) is 22.6 Å². The van der Waals surface area contributed by atoms with Crippen molar-refractivity contribution < 1.29 is 13.2 Å². The molecule has 4 aromatic heterocycles. The molecule has 0 aliphatic rings. The third-order valence-corrected chi connectivity index (χ3v) is 5.19. The van der Waals surface area contributed by atoms with Crippen molar-refractivity contribution >= 4 is 17.0 Å². The minimum atomic E-state index is -4.72. The number of hydrogen-bond acceptors (Lipinski definition) is 4. The zero-order valence-corrected chi connectivity index (χ0v) is 15.1. The van der Waals surface area contributed by atoms with E-state index >= 15 is 0 Å². The zero-order valence-electron chi connectivity index (χ0n) is 14.2. The second-order valence-electron chi connectivity index (χ2n) is 6.02. The molecule has 0 radical (unpaired) electrons. The Hall–Kier alpha value is -3.12. The summed E-state index contributed by atoms with van der Waals surface area (Å²) in [6.07, 6.45) is -3.79. The van der Waals surface area contributed by atoms with Gasteiger partial charge in [0.25, 0.3) is 0 Å². The molecule has 4 rings (SSSR count). The SMILES string of the molecule is Cc1ccc(C)n1-c1ccsc1-c1cc2ncc(C#N)c(C(F)(F)F)n2n1. The molecule has 0 saturated carbocycles. The molecule has 4 aromatic rings. The molecule has 0 fully saturated rings. The van der Waals surface area contributed by atoms with Crippen molar-refractivity contribution in [1.82, 2.24) is 19.2 Å². The molecule has 0 atom stereocenters. The number of halogens is 3. The Labute approximate surface area is 155 Å². The first-order chi connectivity index (χ1) is 12.8. The van der Waals surface area contributed by atoms with Gasteiger partial charge < -0.3 is 4.57 Å². The van der Waals surface area contributed by atoms with Crippen LogP contribution in [0.25, 0.3) is 21.9 Å². The smallest absolute Gasteiger partial charge is 0.317 e. The lowest BCUT2D eigenvalue weighted by molar-refractivity contribution is -0.142. The number of aromatic nitrogens is 4. The largest absolute Gasteiger partial charge is 0.434 e. The second kappa shape index (κ2) is 5.96. The average Bonchev–Trinajstić information content (AvgIpc) is 3.30. The first-order valence-corrected chi connectivity index (χ1v) is 8.78. The molecule has 0 bridgehead atoms. The summed E-state index contributed by atoms with van der Waals surface area (Å²) in [6, 6.07) is 8.90. The predicted molar refractivity (Wildman–Crippen MR) is 94.8 cm³/mol. The highest BCUT2D eigenvalue weighted by molar-refractivity contribution is 7.14. The summed E-state index contributed by atoms with van der Waals surface area (Å²) in [4.78, 5) is 4.69. The number of nitrogens with zero attached hydrogens (tertiary/aromatic N) is 5. The van der Waals surface area contributed by atoms with Gasteiger partial charge in [-0.3, -0.25) is 0 Å². The molecule has 0 unspecified atom stereocenters. The molecular formula is C18H12F3N5S. The molecule has 9 heteroatoms. The maximum Gasteiger partial charge on any atom is 0.434 e. The highest BCUT2D eigenvalue weighted by atomic mass is 32.1. The normalized spacial score (nSPS) is 11.9. The molecule has 0 aliphatic carbocycles. The van der Waals surface area contributed by atoms with Gasteiger partial charge in [0.05, 0.1) is 10.6 Å². The Morgan fingerprint density at radius 3 is 2.48 bits per heavy atom. The maximum absolute atomic E-state index is 13.5. The van der Waals surface area contributed by atoms with E-state index in [-0.39, 0.29) is 5.65 Å². The molecule has 4 heterocycles. The van der Waals surface area contributed by atoms with Crippen molar-refractivity contribution in [1.29, 1.82) is 5.26 Å². The summed E-state index contributed by atoms with van der Waals surface area (Å²) in [5.74, 6) is 0. The van der Waals surface area contributed by atoms with Gasteiger partial charge in [-0.15, -0.1) is 11.3 Å². The van der Waals surface area contributed by atoms with Crippen molar-refractivity contribution in [2.24, 2.45) is 0 Å².